The highest BCUT2D eigenvalue weighted by atomic mass is 19.1. The molecule has 0 radical (unpaired) electrons. The van der Waals surface area contributed by atoms with Gasteiger partial charge in [-0.05, 0) is 38.0 Å². The highest BCUT2D eigenvalue weighted by Crippen LogP contribution is 2.38. The van der Waals surface area contributed by atoms with Gasteiger partial charge >= 0.3 is 0 Å². The zero-order valence-electron chi connectivity index (χ0n) is 11.0. The normalized spacial score (nSPS) is 32.6. The van der Waals surface area contributed by atoms with Gasteiger partial charge in [0.25, 0.3) is 0 Å². The van der Waals surface area contributed by atoms with Crippen molar-refractivity contribution in [3.05, 3.63) is 0 Å². The smallest absolute Gasteiger partial charge is 0.112 e. The van der Waals surface area contributed by atoms with Crippen molar-refractivity contribution in [1.29, 1.82) is 0 Å². The zero-order valence-corrected chi connectivity index (χ0v) is 11.0. The third-order valence-electron chi connectivity index (χ3n) is 4.03. The van der Waals surface area contributed by atoms with Crippen LogP contribution in [0.25, 0.3) is 0 Å². The van der Waals surface area contributed by atoms with Gasteiger partial charge in [0.05, 0.1) is 0 Å². The summed E-state index contributed by atoms with van der Waals surface area (Å²) in [5.41, 5.74) is 4.94. The van der Waals surface area contributed by atoms with Gasteiger partial charge in [-0.25, -0.2) is 4.39 Å². The van der Waals surface area contributed by atoms with E-state index < -0.39 is 5.67 Å². The molecule has 1 aliphatic carbocycles. The molecule has 1 rings (SSSR count). The summed E-state index contributed by atoms with van der Waals surface area (Å²) >= 11 is 0. The van der Waals surface area contributed by atoms with Crippen molar-refractivity contribution in [3.8, 4) is 0 Å². The van der Waals surface area contributed by atoms with Gasteiger partial charge in [0, 0.05) is 6.04 Å². The molecule has 3 unspecified atom stereocenters. The molecular weight excluding hydrogens is 201 g/mol. The quantitative estimate of drug-likeness (QED) is 0.725. The van der Waals surface area contributed by atoms with Crippen LogP contribution in [0, 0.1) is 5.92 Å². The van der Waals surface area contributed by atoms with Gasteiger partial charge in [0.1, 0.15) is 5.67 Å². The molecule has 0 amide bonds. The molecule has 0 aromatic carbocycles. The Hall–Kier alpha value is -0.110. The summed E-state index contributed by atoms with van der Waals surface area (Å²) in [5.74, 6) is 0.565. The summed E-state index contributed by atoms with van der Waals surface area (Å²) in [6.45, 7) is 4.39. The van der Waals surface area contributed by atoms with Gasteiger partial charge in [-0.1, -0.05) is 39.5 Å². The fraction of sp³-hybridized carbons (Fsp3) is 1.00. The number of nitrogens with two attached hydrogens (primary N) is 1. The number of unbranched alkanes of at least 4 members (excludes halogenated alkanes) is 1. The molecule has 0 bridgehead atoms. The first kappa shape index (κ1) is 14.0. The second-order valence-corrected chi connectivity index (χ2v) is 5.63. The average molecular weight is 229 g/mol. The molecule has 0 spiro atoms. The van der Waals surface area contributed by atoms with Gasteiger partial charge in [0.2, 0.25) is 0 Å². The maximum atomic E-state index is 14.6. The van der Waals surface area contributed by atoms with Crippen LogP contribution in [-0.2, 0) is 0 Å². The Morgan fingerprint density at radius 2 is 2.19 bits per heavy atom. The zero-order chi connectivity index (χ0) is 12.0. The van der Waals surface area contributed by atoms with Crippen molar-refractivity contribution in [1.82, 2.24) is 0 Å². The maximum absolute atomic E-state index is 14.6. The van der Waals surface area contributed by atoms with E-state index in [1.54, 1.807) is 0 Å². The first-order chi connectivity index (χ1) is 7.59. The van der Waals surface area contributed by atoms with Crippen LogP contribution in [-0.4, -0.2) is 11.7 Å². The van der Waals surface area contributed by atoms with Crippen LogP contribution < -0.4 is 5.73 Å². The van der Waals surface area contributed by atoms with E-state index in [1.165, 1.54) is 19.3 Å². The summed E-state index contributed by atoms with van der Waals surface area (Å²) in [5, 5.41) is 0. The van der Waals surface area contributed by atoms with Crippen molar-refractivity contribution in [2.75, 3.05) is 0 Å². The van der Waals surface area contributed by atoms with E-state index in [0.717, 1.165) is 32.1 Å². The lowest BCUT2D eigenvalue weighted by molar-refractivity contribution is 0.0636. The van der Waals surface area contributed by atoms with Crippen LogP contribution in [0.15, 0.2) is 0 Å². The maximum Gasteiger partial charge on any atom is 0.112 e. The van der Waals surface area contributed by atoms with E-state index >= 15 is 0 Å². The van der Waals surface area contributed by atoms with Crippen LogP contribution in [0.5, 0.6) is 0 Å². The molecule has 0 heterocycles. The second-order valence-electron chi connectivity index (χ2n) is 5.63. The van der Waals surface area contributed by atoms with Gasteiger partial charge in [0.15, 0.2) is 0 Å². The van der Waals surface area contributed by atoms with Gasteiger partial charge in [-0.3, -0.25) is 0 Å². The van der Waals surface area contributed by atoms with E-state index in [1.807, 2.05) is 0 Å². The highest BCUT2D eigenvalue weighted by Gasteiger charge is 2.36. The summed E-state index contributed by atoms with van der Waals surface area (Å²) < 4.78 is 14.6. The molecule has 0 aliphatic heterocycles. The molecule has 1 fully saturated rings. The van der Waals surface area contributed by atoms with Crippen molar-refractivity contribution in [3.63, 3.8) is 0 Å². The lowest BCUT2D eigenvalue weighted by atomic mass is 9.76. The SMILES string of the molecule is CCCCC(CC)CC1(F)CCCC(N)C1. The van der Waals surface area contributed by atoms with Crippen LogP contribution in [0.2, 0.25) is 0 Å². The van der Waals surface area contributed by atoms with Crippen molar-refractivity contribution in [2.45, 2.75) is 83.3 Å². The molecule has 0 saturated heterocycles. The molecular formula is C14H28FN. The molecule has 0 aromatic rings. The molecule has 16 heavy (non-hydrogen) atoms. The lowest BCUT2D eigenvalue weighted by Gasteiger charge is -2.35. The Morgan fingerprint density at radius 1 is 1.44 bits per heavy atom. The third-order valence-corrected chi connectivity index (χ3v) is 4.03. The first-order valence-electron chi connectivity index (χ1n) is 7.04. The Kier molecular flexibility index (Phi) is 5.74. The van der Waals surface area contributed by atoms with Gasteiger partial charge in [-0.2, -0.15) is 0 Å². The second kappa shape index (κ2) is 6.58. The predicted octanol–water partition coefficient (Wildman–Crippen LogP) is 4.20. The molecule has 2 N–H and O–H groups in total. The van der Waals surface area contributed by atoms with Crippen LogP contribution in [0.1, 0.15) is 71.6 Å². The van der Waals surface area contributed by atoms with E-state index in [-0.39, 0.29) is 6.04 Å². The fourth-order valence-corrected chi connectivity index (χ4v) is 3.00. The van der Waals surface area contributed by atoms with Crippen molar-refractivity contribution >= 4 is 0 Å². The molecule has 1 nitrogen and oxygen atoms in total. The lowest BCUT2D eigenvalue weighted by Crippen LogP contribution is -2.39. The molecule has 0 aromatic heterocycles. The van der Waals surface area contributed by atoms with E-state index in [0.29, 0.717) is 12.3 Å². The topological polar surface area (TPSA) is 26.0 Å². The predicted molar refractivity (Wildman–Crippen MR) is 68.2 cm³/mol. The standard InChI is InChI=1S/C14H28FN/c1-3-5-7-12(4-2)10-14(15)9-6-8-13(16)11-14/h12-13H,3-11,16H2,1-2H3. The van der Waals surface area contributed by atoms with Crippen LogP contribution >= 0.6 is 0 Å². The largest absolute Gasteiger partial charge is 0.328 e. The van der Waals surface area contributed by atoms with Crippen molar-refractivity contribution < 1.29 is 4.39 Å². The van der Waals surface area contributed by atoms with E-state index in [4.69, 9.17) is 5.73 Å². The molecule has 1 saturated carbocycles. The fourth-order valence-electron chi connectivity index (χ4n) is 3.00. The Bertz CT molecular complexity index is 195. The number of hydrogen-bond acceptors (Lipinski definition) is 1. The summed E-state index contributed by atoms with van der Waals surface area (Å²) in [6.07, 6.45) is 8.82. The van der Waals surface area contributed by atoms with Crippen LogP contribution in [0.3, 0.4) is 0 Å². The van der Waals surface area contributed by atoms with Gasteiger partial charge in [-0.15, -0.1) is 0 Å². The number of halogens is 1. The minimum Gasteiger partial charge on any atom is -0.328 e. The van der Waals surface area contributed by atoms with Gasteiger partial charge < -0.3 is 5.73 Å². The molecule has 2 heteroatoms. The number of rotatable bonds is 6. The average Bonchev–Trinajstić information content (AvgIpc) is 2.23. The van der Waals surface area contributed by atoms with Crippen molar-refractivity contribution in [2.24, 2.45) is 11.7 Å². The van der Waals surface area contributed by atoms with E-state index in [9.17, 15) is 4.39 Å². The van der Waals surface area contributed by atoms with Crippen LogP contribution in [0.4, 0.5) is 4.39 Å². The summed E-state index contributed by atoms with van der Waals surface area (Å²) in [6, 6.07) is 0.0995. The van der Waals surface area contributed by atoms with E-state index in [2.05, 4.69) is 13.8 Å². The third kappa shape index (κ3) is 4.40. The minimum absolute atomic E-state index is 0.0995. The first-order valence-corrected chi connectivity index (χ1v) is 7.04. The molecule has 96 valence electrons. The Balaban J connectivity index is 2.42. The minimum atomic E-state index is -0.952. The molecule has 3 atom stereocenters. The highest BCUT2D eigenvalue weighted by molar-refractivity contribution is 4.90. The summed E-state index contributed by atoms with van der Waals surface area (Å²) in [7, 11) is 0. The summed E-state index contributed by atoms with van der Waals surface area (Å²) in [4.78, 5) is 0. The number of alkyl halides is 1. The Morgan fingerprint density at radius 3 is 2.75 bits per heavy atom. The Labute approximate surface area is 100.0 Å². The monoisotopic (exact) mass is 229 g/mol. The number of hydrogen-bond donors (Lipinski definition) is 1. The molecule has 1 aliphatic rings.